The summed E-state index contributed by atoms with van der Waals surface area (Å²) in [7, 11) is -1.92. The maximum atomic E-state index is 12.6. The third kappa shape index (κ3) is 2.79. The fraction of sp³-hybridized carbons (Fsp3) is 0.294. The molecule has 22 heavy (non-hydrogen) atoms. The zero-order valence-corrected chi connectivity index (χ0v) is 13.5. The highest BCUT2D eigenvalue weighted by Gasteiger charge is 2.31. The lowest BCUT2D eigenvalue weighted by Gasteiger charge is -2.33. The summed E-state index contributed by atoms with van der Waals surface area (Å²) in [6.45, 7) is 2.54. The van der Waals surface area contributed by atoms with Gasteiger partial charge < -0.3 is 0 Å². The number of hydrogen-bond acceptors (Lipinski definition) is 4. The molecule has 2 aromatic carbocycles. The first-order valence-electron chi connectivity index (χ1n) is 7.26. The van der Waals surface area contributed by atoms with E-state index in [0.717, 1.165) is 24.1 Å². The third-order valence-electron chi connectivity index (χ3n) is 4.04. The maximum Gasteiger partial charge on any atom is 0.299 e. The van der Waals surface area contributed by atoms with E-state index in [2.05, 4.69) is 0 Å². The molecule has 0 aliphatic carbocycles. The average molecular weight is 317 g/mol. The van der Waals surface area contributed by atoms with Crippen LogP contribution in [0.15, 0.2) is 53.4 Å². The van der Waals surface area contributed by atoms with Crippen molar-refractivity contribution in [3.05, 3.63) is 65.2 Å². The molecule has 0 amide bonds. The van der Waals surface area contributed by atoms with Gasteiger partial charge in [-0.25, -0.2) is 4.18 Å². The van der Waals surface area contributed by atoms with E-state index in [4.69, 9.17) is 4.18 Å². The largest absolute Gasteiger partial charge is 0.299 e. The SMILES string of the molecule is Cc1ccccc1S(=O)(=O)OC1c2ccccc2CCN1C. The summed E-state index contributed by atoms with van der Waals surface area (Å²) >= 11 is 0. The molecule has 1 atom stereocenters. The molecule has 2 aromatic rings. The Morgan fingerprint density at radius 2 is 1.77 bits per heavy atom. The highest BCUT2D eigenvalue weighted by molar-refractivity contribution is 7.86. The van der Waals surface area contributed by atoms with Crippen LogP contribution in [0.1, 0.15) is 22.9 Å². The van der Waals surface area contributed by atoms with Gasteiger partial charge in [-0.3, -0.25) is 4.90 Å². The Morgan fingerprint density at radius 1 is 1.09 bits per heavy atom. The highest BCUT2D eigenvalue weighted by atomic mass is 32.2. The van der Waals surface area contributed by atoms with Crippen molar-refractivity contribution in [1.82, 2.24) is 4.90 Å². The van der Waals surface area contributed by atoms with Crippen molar-refractivity contribution >= 4 is 10.1 Å². The lowest BCUT2D eigenvalue weighted by molar-refractivity contribution is 0.0412. The molecule has 0 saturated heterocycles. The Bertz CT molecular complexity index is 786. The zero-order valence-electron chi connectivity index (χ0n) is 12.7. The minimum absolute atomic E-state index is 0.228. The van der Waals surface area contributed by atoms with E-state index in [-0.39, 0.29) is 4.90 Å². The zero-order chi connectivity index (χ0) is 15.7. The Balaban J connectivity index is 1.97. The summed E-state index contributed by atoms with van der Waals surface area (Å²) in [6, 6.07) is 14.7. The van der Waals surface area contributed by atoms with Crippen molar-refractivity contribution in [1.29, 1.82) is 0 Å². The van der Waals surface area contributed by atoms with E-state index >= 15 is 0 Å². The lowest BCUT2D eigenvalue weighted by Crippen LogP contribution is -2.35. The molecule has 1 heterocycles. The molecule has 0 fully saturated rings. The van der Waals surface area contributed by atoms with Crippen molar-refractivity contribution < 1.29 is 12.6 Å². The van der Waals surface area contributed by atoms with E-state index in [1.807, 2.05) is 42.3 Å². The number of fused-ring (bicyclic) bond motifs is 1. The fourth-order valence-electron chi connectivity index (χ4n) is 2.79. The van der Waals surface area contributed by atoms with Crippen molar-refractivity contribution in [3.63, 3.8) is 0 Å². The number of hydrogen-bond donors (Lipinski definition) is 0. The maximum absolute atomic E-state index is 12.6. The van der Waals surface area contributed by atoms with Crippen LogP contribution in [0.3, 0.4) is 0 Å². The second-order valence-electron chi connectivity index (χ2n) is 5.60. The molecule has 0 saturated carbocycles. The first-order chi connectivity index (χ1) is 10.5. The number of benzene rings is 2. The lowest BCUT2D eigenvalue weighted by atomic mass is 9.99. The van der Waals surface area contributed by atoms with Gasteiger partial charge in [0.05, 0.1) is 4.90 Å². The van der Waals surface area contributed by atoms with Crippen LogP contribution in [0.5, 0.6) is 0 Å². The van der Waals surface area contributed by atoms with Gasteiger partial charge in [0.1, 0.15) is 0 Å². The number of nitrogens with zero attached hydrogens (tertiary/aromatic N) is 1. The monoisotopic (exact) mass is 317 g/mol. The van der Waals surface area contributed by atoms with Crippen LogP contribution in [0.2, 0.25) is 0 Å². The van der Waals surface area contributed by atoms with Gasteiger partial charge in [0, 0.05) is 12.1 Å². The van der Waals surface area contributed by atoms with E-state index in [9.17, 15) is 8.42 Å². The van der Waals surface area contributed by atoms with Gasteiger partial charge in [0.2, 0.25) is 0 Å². The van der Waals surface area contributed by atoms with Crippen LogP contribution in [0.25, 0.3) is 0 Å². The molecular weight excluding hydrogens is 298 g/mol. The molecule has 0 bridgehead atoms. The van der Waals surface area contributed by atoms with Gasteiger partial charge in [0.25, 0.3) is 10.1 Å². The summed E-state index contributed by atoms with van der Waals surface area (Å²) in [5.74, 6) is 0. The van der Waals surface area contributed by atoms with Gasteiger partial charge in [-0.15, -0.1) is 0 Å². The van der Waals surface area contributed by atoms with Crippen LogP contribution in [0, 0.1) is 6.92 Å². The normalized spacial score (nSPS) is 18.9. The molecule has 3 rings (SSSR count). The summed E-state index contributed by atoms with van der Waals surface area (Å²) < 4.78 is 30.8. The number of rotatable bonds is 3. The molecule has 1 aliphatic heterocycles. The van der Waals surface area contributed by atoms with Crippen molar-refractivity contribution in [2.75, 3.05) is 13.6 Å². The van der Waals surface area contributed by atoms with Crippen molar-refractivity contribution in [3.8, 4) is 0 Å². The molecule has 116 valence electrons. The molecule has 1 unspecified atom stereocenters. The van der Waals surface area contributed by atoms with E-state index in [1.165, 1.54) is 0 Å². The second-order valence-corrected chi connectivity index (χ2v) is 7.14. The number of aryl methyl sites for hydroxylation is 1. The molecule has 0 N–H and O–H groups in total. The molecular formula is C17H19NO3S. The van der Waals surface area contributed by atoms with Gasteiger partial charge in [-0.1, -0.05) is 42.5 Å². The molecule has 0 radical (unpaired) electrons. The topological polar surface area (TPSA) is 46.6 Å². The van der Waals surface area contributed by atoms with Crippen LogP contribution < -0.4 is 0 Å². The van der Waals surface area contributed by atoms with Gasteiger partial charge in [-0.05, 0) is 37.6 Å². The minimum Gasteiger partial charge on any atom is -0.276 e. The van der Waals surface area contributed by atoms with Gasteiger partial charge in [-0.2, -0.15) is 8.42 Å². The van der Waals surface area contributed by atoms with Crippen molar-refractivity contribution in [2.24, 2.45) is 0 Å². The summed E-state index contributed by atoms with van der Waals surface area (Å²) in [4.78, 5) is 2.16. The van der Waals surface area contributed by atoms with E-state index in [1.54, 1.807) is 25.1 Å². The quantitative estimate of drug-likeness (QED) is 0.817. The first kappa shape index (κ1) is 15.2. The minimum atomic E-state index is -3.81. The summed E-state index contributed by atoms with van der Waals surface area (Å²) in [6.07, 6.45) is 0.325. The van der Waals surface area contributed by atoms with Crippen LogP contribution in [0.4, 0.5) is 0 Å². The average Bonchev–Trinajstić information content (AvgIpc) is 2.50. The molecule has 1 aliphatic rings. The number of likely N-dealkylation sites (N-methyl/N-ethyl adjacent to an activating group) is 1. The Hall–Kier alpha value is -1.69. The van der Waals surface area contributed by atoms with Crippen LogP contribution >= 0.6 is 0 Å². The standard InChI is InChI=1S/C17H19NO3S/c1-13-7-3-6-10-16(13)22(19,20)21-17-15-9-5-4-8-14(15)11-12-18(17)2/h3-10,17H,11-12H2,1-2H3. The smallest absolute Gasteiger partial charge is 0.276 e. The van der Waals surface area contributed by atoms with E-state index in [0.29, 0.717) is 5.56 Å². The molecule has 4 nitrogen and oxygen atoms in total. The van der Waals surface area contributed by atoms with Crippen LogP contribution in [-0.4, -0.2) is 26.9 Å². The van der Waals surface area contributed by atoms with Crippen molar-refractivity contribution in [2.45, 2.75) is 24.5 Å². The van der Waals surface area contributed by atoms with E-state index < -0.39 is 16.3 Å². The fourth-order valence-corrected chi connectivity index (χ4v) is 4.09. The van der Waals surface area contributed by atoms with Gasteiger partial charge in [0.15, 0.2) is 6.23 Å². The Morgan fingerprint density at radius 3 is 2.55 bits per heavy atom. The summed E-state index contributed by atoms with van der Waals surface area (Å²) in [5, 5.41) is 0. The second kappa shape index (κ2) is 5.83. The van der Waals surface area contributed by atoms with Gasteiger partial charge >= 0.3 is 0 Å². The third-order valence-corrected chi connectivity index (χ3v) is 5.47. The summed E-state index contributed by atoms with van der Waals surface area (Å²) in [5.41, 5.74) is 2.76. The predicted octanol–water partition coefficient (Wildman–Crippen LogP) is 2.89. The first-order valence-corrected chi connectivity index (χ1v) is 8.67. The predicted molar refractivity (Wildman–Crippen MR) is 85.0 cm³/mol. The Kier molecular flexibility index (Phi) is 4.04. The highest BCUT2D eigenvalue weighted by Crippen LogP contribution is 2.32. The Labute approximate surface area is 131 Å². The molecule has 0 aromatic heterocycles. The van der Waals surface area contributed by atoms with Crippen LogP contribution in [-0.2, 0) is 20.7 Å². The molecule has 0 spiro atoms. The molecule has 5 heteroatoms.